The van der Waals surface area contributed by atoms with Crippen LogP contribution in [0.1, 0.15) is 11.3 Å². The van der Waals surface area contributed by atoms with Gasteiger partial charge < -0.3 is 16.2 Å². The second-order valence-corrected chi connectivity index (χ2v) is 4.10. The van der Waals surface area contributed by atoms with Gasteiger partial charge in [-0.3, -0.25) is 0 Å². The maximum absolute atomic E-state index is 9.17. The lowest BCUT2D eigenvalue weighted by Gasteiger charge is -2.07. The van der Waals surface area contributed by atoms with Crippen molar-refractivity contribution in [1.82, 2.24) is 9.97 Å². The standard InChI is InChI=1S/C13H16N4O/c1-9-8-12(17-13(14)16-9)15-7-6-10-2-4-11(18)5-3-10/h2-5,8,18H,6-7H2,1H3,(H3,14,15,16,17). The Morgan fingerprint density at radius 2 is 1.94 bits per heavy atom. The number of aromatic nitrogens is 2. The molecule has 0 aliphatic rings. The first-order chi connectivity index (χ1) is 8.63. The Bertz CT molecular complexity index is 505. The quantitative estimate of drug-likeness (QED) is 0.762. The van der Waals surface area contributed by atoms with Gasteiger partial charge >= 0.3 is 0 Å². The summed E-state index contributed by atoms with van der Waals surface area (Å²) >= 11 is 0. The van der Waals surface area contributed by atoms with Gasteiger partial charge in [0.2, 0.25) is 5.95 Å². The van der Waals surface area contributed by atoms with Crippen LogP contribution >= 0.6 is 0 Å². The molecule has 1 aromatic heterocycles. The van der Waals surface area contributed by atoms with E-state index in [1.54, 1.807) is 12.1 Å². The van der Waals surface area contributed by atoms with Gasteiger partial charge in [0.15, 0.2) is 0 Å². The highest BCUT2D eigenvalue weighted by atomic mass is 16.3. The minimum absolute atomic E-state index is 0.280. The summed E-state index contributed by atoms with van der Waals surface area (Å²) in [5, 5.41) is 12.4. The lowest BCUT2D eigenvalue weighted by molar-refractivity contribution is 0.475. The number of hydrogen-bond donors (Lipinski definition) is 3. The third kappa shape index (κ3) is 3.35. The van der Waals surface area contributed by atoms with Gasteiger partial charge in [-0.25, -0.2) is 4.98 Å². The normalized spacial score (nSPS) is 10.3. The molecule has 0 aliphatic carbocycles. The molecule has 4 N–H and O–H groups in total. The first-order valence-electron chi connectivity index (χ1n) is 5.76. The minimum atomic E-state index is 0.280. The molecule has 2 rings (SSSR count). The molecular weight excluding hydrogens is 228 g/mol. The van der Waals surface area contributed by atoms with Crippen LogP contribution in [0.25, 0.3) is 0 Å². The first-order valence-corrected chi connectivity index (χ1v) is 5.76. The van der Waals surface area contributed by atoms with Crippen molar-refractivity contribution in [3.05, 3.63) is 41.6 Å². The van der Waals surface area contributed by atoms with Crippen LogP contribution in [0.4, 0.5) is 11.8 Å². The van der Waals surface area contributed by atoms with Gasteiger partial charge in [0, 0.05) is 18.3 Å². The van der Waals surface area contributed by atoms with Crippen LogP contribution in [0.3, 0.4) is 0 Å². The van der Waals surface area contributed by atoms with E-state index in [1.807, 2.05) is 25.1 Å². The van der Waals surface area contributed by atoms with E-state index in [1.165, 1.54) is 0 Å². The Kier molecular flexibility index (Phi) is 3.62. The van der Waals surface area contributed by atoms with Crippen molar-refractivity contribution in [3.63, 3.8) is 0 Å². The Morgan fingerprint density at radius 1 is 1.22 bits per heavy atom. The number of nitrogen functional groups attached to an aromatic ring is 1. The Hall–Kier alpha value is -2.30. The highest BCUT2D eigenvalue weighted by molar-refractivity contribution is 5.40. The van der Waals surface area contributed by atoms with E-state index in [-0.39, 0.29) is 11.7 Å². The molecule has 0 unspecified atom stereocenters. The van der Waals surface area contributed by atoms with Crippen molar-refractivity contribution < 1.29 is 5.11 Å². The van der Waals surface area contributed by atoms with E-state index in [9.17, 15) is 5.11 Å². The highest BCUT2D eigenvalue weighted by Crippen LogP contribution is 2.11. The monoisotopic (exact) mass is 244 g/mol. The van der Waals surface area contributed by atoms with Crippen molar-refractivity contribution >= 4 is 11.8 Å². The summed E-state index contributed by atoms with van der Waals surface area (Å²) < 4.78 is 0. The smallest absolute Gasteiger partial charge is 0.222 e. The molecule has 1 aromatic carbocycles. The van der Waals surface area contributed by atoms with Gasteiger partial charge in [-0.15, -0.1) is 0 Å². The van der Waals surface area contributed by atoms with Crippen LogP contribution in [0.5, 0.6) is 5.75 Å². The molecule has 0 saturated heterocycles. The van der Waals surface area contributed by atoms with Crippen LogP contribution in [-0.2, 0) is 6.42 Å². The van der Waals surface area contributed by atoms with Gasteiger partial charge in [0.25, 0.3) is 0 Å². The average molecular weight is 244 g/mol. The molecule has 1 heterocycles. The van der Waals surface area contributed by atoms with Gasteiger partial charge in [-0.2, -0.15) is 4.98 Å². The van der Waals surface area contributed by atoms with E-state index in [2.05, 4.69) is 15.3 Å². The van der Waals surface area contributed by atoms with E-state index in [0.29, 0.717) is 0 Å². The van der Waals surface area contributed by atoms with Crippen LogP contribution in [0.15, 0.2) is 30.3 Å². The molecule has 2 aromatic rings. The van der Waals surface area contributed by atoms with Crippen molar-refractivity contribution in [3.8, 4) is 5.75 Å². The number of aryl methyl sites for hydroxylation is 1. The Labute approximate surface area is 106 Å². The fraction of sp³-hybridized carbons (Fsp3) is 0.231. The van der Waals surface area contributed by atoms with Crippen molar-refractivity contribution in [2.24, 2.45) is 0 Å². The molecule has 0 aliphatic heterocycles. The van der Waals surface area contributed by atoms with E-state index >= 15 is 0 Å². The largest absolute Gasteiger partial charge is 0.508 e. The van der Waals surface area contributed by atoms with Crippen LogP contribution < -0.4 is 11.1 Å². The molecule has 0 bridgehead atoms. The average Bonchev–Trinajstić information content (AvgIpc) is 2.30. The van der Waals surface area contributed by atoms with Gasteiger partial charge in [-0.1, -0.05) is 12.1 Å². The molecular formula is C13H16N4O. The number of nitrogens with zero attached hydrogens (tertiary/aromatic N) is 2. The first kappa shape index (κ1) is 12.2. The maximum Gasteiger partial charge on any atom is 0.222 e. The fourth-order valence-electron chi connectivity index (χ4n) is 1.68. The number of hydrogen-bond acceptors (Lipinski definition) is 5. The molecule has 18 heavy (non-hydrogen) atoms. The zero-order valence-electron chi connectivity index (χ0n) is 10.2. The Balaban J connectivity index is 1.90. The lowest BCUT2D eigenvalue weighted by atomic mass is 10.1. The number of aromatic hydroxyl groups is 1. The van der Waals surface area contributed by atoms with E-state index in [4.69, 9.17) is 5.73 Å². The summed E-state index contributed by atoms with van der Waals surface area (Å²) in [5.41, 5.74) is 7.56. The van der Waals surface area contributed by atoms with E-state index in [0.717, 1.165) is 30.0 Å². The number of nitrogens with one attached hydrogen (secondary N) is 1. The number of phenols is 1. The molecule has 5 nitrogen and oxygen atoms in total. The molecule has 5 heteroatoms. The van der Waals surface area contributed by atoms with Gasteiger partial charge in [0.1, 0.15) is 11.6 Å². The van der Waals surface area contributed by atoms with Gasteiger partial charge in [-0.05, 0) is 31.0 Å². The lowest BCUT2D eigenvalue weighted by Crippen LogP contribution is -2.08. The van der Waals surface area contributed by atoms with Crippen molar-refractivity contribution in [2.75, 3.05) is 17.6 Å². The molecule has 0 fully saturated rings. The predicted molar refractivity (Wildman–Crippen MR) is 71.5 cm³/mol. The van der Waals surface area contributed by atoms with Crippen molar-refractivity contribution in [2.45, 2.75) is 13.3 Å². The molecule has 0 amide bonds. The number of phenolic OH excluding ortho intramolecular Hbond substituents is 1. The topological polar surface area (TPSA) is 84.1 Å². The number of anilines is 2. The number of rotatable bonds is 4. The third-order valence-corrected chi connectivity index (χ3v) is 2.53. The molecule has 94 valence electrons. The second kappa shape index (κ2) is 5.35. The number of nitrogens with two attached hydrogens (primary N) is 1. The van der Waals surface area contributed by atoms with Crippen molar-refractivity contribution in [1.29, 1.82) is 0 Å². The molecule has 0 atom stereocenters. The zero-order valence-corrected chi connectivity index (χ0v) is 10.2. The predicted octanol–water partition coefficient (Wildman–Crippen LogP) is 1.73. The molecule has 0 saturated carbocycles. The highest BCUT2D eigenvalue weighted by Gasteiger charge is 1.99. The SMILES string of the molecule is Cc1cc(NCCc2ccc(O)cc2)nc(N)n1. The summed E-state index contributed by atoms with van der Waals surface area (Å²) in [5.74, 6) is 1.30. The van der Waals surface area contributed by atoms with Crippen LogP contribution in [0.2, 0.25) is 0 Å². The maximum atomic E-state index is 9.17. The zero-order chi connectivity index (χ0) is 13.0. The molecule has 0 radical (unpaired) electrons. The second-order valence-electron chi connectivity index (χ2n) is 4.10. The molecule has 0 spiro atoms. The summed E-state index contributed by atoms with van der Waals surface area (Å²) in [6, 6.07) is 9.02. The van der Waals surface area contributed by atoms with Crippen LogP contribution in [-0.4, -0.2) is 21.6 Å². The summed E-state index contributed by atoms with van der Waals surface area (Å²) in [4.78, 5) is 8.10. The third-order valence-electron chi connectivity index (χ3n) is 2.53. The minimum Gasteiger partial charge on any atom is -0.508 e. The van der Waals surface area contributed by atoms with Gasteiger partial charge in [0.05, 0.1) is 0 Å². The summed E-state index contributed by atoms with van der Waals surface area (Å²) in [6.45, 7) is 2.63. The number of benzene rings is 1. The fourth-order valence-corrected chi connectivity index (χ4v) is 1.68. The van der Waals surface area contributed by atoms with E-state index < -0.39 is 0 Å². The summed E-state index contributed by atoms with van der Waals surface area (Å²) in [6.07, 6.45) is 0.850. The Morgan fingerprint density at radius 3 is 2.61 bits per heavy atom. The summed E-state index contributed by atoms with van der Waals surface area (Å²) in [7, 11) is 0. The van der Waals surface area contributed by atoms with Crippen LogP contribution in [0, 0.1) is 6.92 Å².